The van der Waals surface area contributed by atoms with Crippen LogP contribution < -0.4 is 16.4 Å². The lowest BCUT2D eigenvalue weighted by molar-refractivity contribution is -0.137. The molecule has 4 aromatic carbocycles. The maximum absolute atomic E-state index is 13.2. The van der Waals surface area contributed by atoms with Crippen LogP contribution in [0.15, 0.2) is 103 Å². The summed E-state index contributed by atoms with van der Waals surface area (Å²) in [7, 11) is 0. The molecule has 0 spiro atoms. The summed E-state index contributed by atoms with van der Waals surface area (Å²) in [6.45, 7) is 3.68. The van der Waals surface area contributed by atoms with Crippen LogP contribution in [0.3, 0.4) is 0 Å². The van der Waals surface area contributed by atoms with Crippen molar-refractivity contribution in [1.82, 2.24) is 10.6 Å². The average molecular weight is 626 g/mol. The largest absolute Gasteiger partial charge is 0.481 e. The van der Waals surface area contributed by atoms with Gasteiger partial charge in [0, 0.05) is 6.42 Å². The van der Waals surface area contributed by atoms with Crippen molar-refractivity contribution in [3.8, 4) is 0 Å². The standard InChI is InChI=1S/C29H34N2O5.C8H9NO/c1-19(2)28(31-26(33)18-21-12-13-22-10-6-7-11-23(22)16-21)29(36)30-24(25(32)14-15-27(34)35)17-20-8-4-3-5-9-20;9-8(10)6-7-4-2-1-3-5-7/h3-13,16,19,24-25,28,32H,14-15,17-18H2,1-2H3,(H,30,36)(H,31,33)(H,34,35);1-5H,6H2,(H2,9,10)/t24-,25-,28?;/m0./s1. The van der Waals surface area contributed by atoms with E-state index in [-0.39, 0.29) is 37.0 Å². The van der Waals surface area contributed by atoms with Crippen molar-refractivity contribution in [2.45, 2.75) is 64.1 Å². The molecular weight excluding hydrogens is 582 g/mol. The number of benzene rings is 4. The van der Waals surface area contributed by atoms with Gasteiger partial charge in [0.05, 0.1) is 25.0 Å². The van der Waals surface area contributed by atoms with Gasteiger partial charge in [-0.25, -0.2) is 0 Å². The number of amides is 3. The fourth-order valence-electron chi connectivity index (χ4n) is 4.99. The van der Waals surface area contributed by atoms with Crippen molar-refractivity contribution in [2.24, 2.45) is 11.7 Å². The van der Waals surface area contributed by atoms with Gasteiger partial charge in [0.1, 0.15) is 6.04 Å². The number of aliphatic hydroxyl groups excluding tert-OH is 1. The Kier molecular flexibility index (Phi) is 13.9. The molecular formula is C37H43N3O6. The molecule has 0 aromatic heterocycles. The summed E-state index contributed by atoms with van der Waals surface area (Å²) < 4.78 is 0. The number of nitrogens with two attached hydrogens (primary N) is 1. The number of primary amides is 1. The predicted molar refractivity (Wildman–Crippen MR) is 179 cm³/mol. The van der Waals surface area contributed by atoms with Crippen molar-refractivity contribution in [1.29, 1.82) is 0 Å². The first-order chi connectivity index (χ1) is 22.0. The maximum Gasteiger partial charge on any atom is 0.303 e. The number of hydrogen-bond donors (Lipinski definition) is 5. The molecule has 3 amide bonds. The molecule has 46 heavy (non-hydrogen) atoms. The monoisotopic (exact) mass is 625 g/mol. The average Bonchev–Trinajstić information content (AvgIpc) is 3.03. The van der Waals surface area contributed by atoms with E-state index >= 15 is 0 Å². The number of carbonyl (C=O) groups is 4. The number of fused-ring (bicyclic) bond motifs is 1. The SMILES string of the molecule is CC(C)C(NC(=O)Cc1ccc2ccccc2c1)C(=O)N[C@@H](Cc1ccccc1)[C@@H](O)CCC(=O)O.NC(=O)Cc1ccccc1. The van der Waals surface area contributed by atoms with Gasteiger partial charge in [-0.05, 0) is 46.2 Å². The Morgan fingerprint density at radius 3 is 1.89 bits per heavy atom. The van der Waals surface area contributed by atoms with Crippen LogP contribution in [0.1, 0.15) is 43.4 Å². The summed E-state index contributed by atoms with van der Waals surface area (Å²) in [5, 5.41) is 27.5. The molecule has 1 unspecified atom stereocenters. The van der Waals surface area contributed by atoms with Crippen LogP contribution >= 0.6 is 0 Å². The summed E-state index contributed by atoms with van der Waals surface area (Å²) in [6, 6.07) is 31.1. The van der Waals surface area contributed by atoms with Crippen molar-refractivity contribution in [2.75, 3.05) is 0 Å². The molecule has 0 fully saturated rings. The van der Waals surface area contributed by atoms with E-state index in [4.69, 9.17) is 10.8 Å². The van der Waals surface area contributed by atoms with Gasteiger partial charge in [-0.3, -0.25) is 19.2 Å². The van der Waals surface area contributed by atoms with Crippen LogP contribution in [0, 0.1) is 5.92 Å². The van der Waals surface area contributed by atoms with E-state index in [1.165, 1.54) is 0 Å². The second-order valence-electron chi connectivity index (χ2n) is 11.6. The van der Waals surface area contributed by atoms with E-state index in [1.807, 2.05) is 117 Å². The van der Waals surface area contributed by atoms with Gasteiger partial charge >= 0.3 is 5.97 Å². The van der Waals surface area contributed by atoms with Gasteiger partial charge in [-0.2, -0.15) is 0 Å². The second-order valence-corrected chi connectivity index (χ2v) is 11.6. The van der Waals surface area contributed by atoms with Gasteiger partial charge in [0.15, 0.2) is 0 Å². The maximum atomic E-state index is 13.2. The molecule has 0 aliphatic rings. The highest BCUT2D eigenvalue weighted by Gasteiger charge is 2.29. The highest BCUT2D eigenvalue weighted by molar-refractivity contribution is 5.90. The van der Waals surface area contributed by atoms with Crippen molar-refractivity contribution in [3.05, 3.63) is 120 Å². The highest BCUT2D eigenvalue weighted by atomic mass is 16.4. The van der Waals surface area contributed by atoms with E-state index in [0.29, 0.717) is 12.8 Å². The van der Waals surface area contributed by atoms with Crippen molar-refractivity contribution < 1.29 is 29.4 Å². The van der Waals surface area contributed by atoms with E-state index < -0.39 is 30.1 Å². The molecule has 242 valence electrons. The first-order valence-corrected chi connectivity index (χ1v) is 15.3. The third-order valence-corrected chi connectivity index (χ3v) is 7.41. The summed E-state index contributed by atoms with van der Waals surface area (Å²) in [5.74, 6) is -2.18. The number of hydrogen-bond acceptors (Lipinski definition) is 5. The van der Waals surface area contributed by atoms with E-state index in [1.54, 1.807) is 0 Å². The molecule has 6 N–H and O–H groups in total. The number of carbonyl (C=O) groups excluding carboxylic acids is 3. The first-order valence-electron chi connectivity index (χ1n) is 15.3. The number of rotatable bonds is 14. The van der Waals surface area contributed by atoms with Crippen molar-refractivity contribution >= 4 is 34.5 Å². The number of nitrogens with one attached hydrogen (secondary N) is 2. The Hall–Kier alpha value is -5.02. The molecule has 0 aliphatic carbocycles. The topological polar surface area (TPSA) is 159 Å². The van der Waals surface area contributed by atoms with Crippen molar-refractivity contribution in [3.63, 3.8) is 0 Å². The first kappa shape index (κ1) is 35.5. The molecule has 4 rings (SSSR count). The Labute approximate surface area is 269 Å². The van der Waals surface area contributed by atoms with Gasteiger partial charge in [0.2, 0.25) is 17.7 Å². The highest BCUT2D eigenvalue weighted by Crippen LogP contribution is 2.17. The number of carboxylic acid groups (broad SMARTS) is 1. The summed E-state index contributed by atoms with van der Waals surface area (Å²) in [5.41, 5.74) is 7.70. The fraction of sp³-hybridized carbons (Fsp3) is 0.297. The van der Waals surface area contributed by atoms with Gasteiger partial charge in [-0.1, -0.05) is 117 Å². The molecule has 0 saturated heterocycles. The van der Waals surface area contributed by atoms with Crippen LogP contribution in [-0.4, -0.2) is 52.1 Å². The number of carboxylic acids is 1. The Balaban J connectivity index is 0.000000489. The zero-order valence-electron chi connectivity index (χ0n) is 26.3. The number of aliphatic hydroxyl groups is 1. The Morgan fingerprint density at radius 2 is 1.30 bits per heavy atom. The van der Waals surface area contributed by atoms with Crippen LogP contribution in [0.5, 0.6) is 0 Å². The third kappa shape index (κ3) is 12.2. The minimum atomic E-state index is -1.05. The zero-order chi connectivity index (χ0) is 33.5. The lowest BCUT2D eigenvalue weighted by Gasteiger charge is -2.28. The molecule has 0 aliphatic heterocycles. The second kappa shape index (κ2) is 18.1. The fourth-order valence-corrected chi connectivity index (χ4v) is 4.99. The molecule has 4 aromatic rings. The summed E-state index contributed by atoms with van der Waals surface area (Å²) >= 11 is 0. The Morgan fingerprint density at radius 1 is 0.717 bits per heavy atom. The summed E-state index contributed by atoms with van der Waals surface area (Å²) in [4.78, 5) is 47.5. The van der Waals surface area contributed by atoms with E-state index in [0.717, 1.165) is 27.5 Å². The van der Waals surface area contributed by atoms with Crippen LogP contribution in [0.4, 0.5) is 0 Å². The molecule has 3 atom stereocenters. The van der Waals surface area contributed by atoms with Crippen LogP contribution in [0.2, 0.25) is 0 Å². The van der Waals surface area contributed by atoms with Crippen LogP contribution in [0.25, 0.3) is 10.8 Å². The lowest BCUT2D eigenvalue weighted by Crippen LogP contribution is -2.55. The molecule has 9 heteroatoms. The lowest BCUT2D eigenvalue weighted by atomic mass is 9.96. The van der Waals surface area contributed by atoms with Gasteiger partial charge in [0.25, 0.3) is 0 Å². The van der Waals surface area contributed by atoms with Gasteiger partial charge in [-0.15, -0.1) is 0 Å². The minimum absolute atomic E-state index is 0.00772. The predicted octanol–water partition coefficient (Wildman–Crippen LogP) is 4.19. The molecule has 9 nitrogen and oxygen atoms in total. The summed E-state index contributed by atoms with van der Waals surface area (Å²) in [6.07, 6.45) is -0.446. The quantitative estimate of drug-likeness (QED) is 0.141. The minimum Gasteiger partial charge on any atom is -0.481 e. The van der Waals surface area contributed by atoms with Crippen LogP contribution in [-0.2, 0) is 38.4 Å². The molecule has 0 saturated carbocycles. The normalized spacial score (nSPS) is 12.7. The smallest absolute Gasteiger partial charge is 0.303 e. The third-order valence-electron chi connectivity index (χ3n) is 7.41. The zero-order valence-corrected chi connectivity index (χ0v) is 26.3. The Bertz CT molecular complexity index is 1580. The number of aliphatic carboxylic acids is 1. The molecule has 0 radical (unpaired) electrons. The molecule has 0 heterocycles. The van der Waals surface area contributed by atoms with E-state index in [9.17, 15) is 24.3 Å². The molecule has 0 bridgehead atoms. The van der Waals surface area contributed by atoms with E-state index in [2.05, 4.69) is 10.6 Å². The van der Waals surface area contributed by atoms with Gasteiger partial charge < -0.3 is 26.6 Å².